The van der Waals surface area contributed by atoms with Crippen LogP contribution < -0.4 is 0 Å². The quantitative estimate of drug-likeness (QED) is 0.0597. The molecule has 11 rings (SSSR count). The summed E-state index contributed by atoms with van der Waals surface area (Å²) in [4.78, 5) is 0. The molecule has 2 bridgehead atoms. The molecule has 7 heterocycles. The highest BCUT2D eigenvalue weighted by atomic mass is 16.8. The Morgan fingerprint density at radius 3 is 1.80 bits per heavy atom. The molecule has 86 heavy (non-hydrogen) atoms. The fraction of sp³-hybridized carbons (Fsp3) is 0.966. The van der Waals surface area contributed by atoms with E-state index in [4.69, 9.17) is 56.8 Å². The fourth-order valence-corrected chi connectivity index (χ4v) is 18.6. The van der Waals surface area contributed by atoms with Crippen molar-refractivity contribution in [2.75, 3.05) is 33.0 Å². The van der Waals surface area contributed by atoms with Crippen LogP contribution in [0.3, 0.4) is 0 Å². The van der Waals surface area contributed by atoms with Gasteiger partial charge in [-0.25, -0.2) is 0 Å². The van der Waals surface area contributed by atoms with Gasteiger partial charge in [0.2, 0.25) is 0 Å². The smallest absolute Gasteiger partial charge is 0.187 e. The number of hydrogen-bond donors (Lipinski definition) is 15. The van der Waals surface area contributed by atoms with Crippen molar-refractivity contribution in [2.45, 2.75) is 278 Å². The molecular formula is C59H96O27. The second-order valence-corrected chi connectivity index (χ2v) is 28.6. The van der Waals surface area contributed by atoms with Gasteiger partial charge in [-0.15, -0.1) is 0 Å². The lowest BCUT2D eigenvalue weighted by atomic mass is 9.35. The third-order valence-electron chi connectivity index (χ3n) is 22.9. The Morgan fingerprint density at radius 2 is 1.15 bits per heavy atom. The Kier molecular flexibility index (Phi) is 18.6. The van der Waals surface area contributed by atoms with E-state index in [-0.39, 0.29) is 46.0 Å². The van der Waals surface area contributed by atoms with Crippen LogP contribution in [0.2, 0.25) is 0 Å². The van der Waals surface area contributed by atoms with Gasteiger partial charge in [-0.3, -0.25) is 0 Å². The van der Waals surface area contributed by atoms with Gasteiger partial charge in [-0.2, -0.15) is 0 Å². The lowest BCUT2D eigenvalue weighted by Crippen LogP contribution is -2.68. The topological polar surface area (TPSA) is 414 Å². The molecule has 7 aliphatic heterocycles. The maximum absolute atomic E-state index is 12.4. The van der Waals surface area contributed by atoms with E-state index in [2.05, 4.69) is 33.8 Å². The summed E-state index contributed by atoms with van der Waals surface area (Å²) in [6.45, 7) is 14.3. The lowest BCUT2D eigenvalue weighted by Gasteiger charge is -2.70. The van der Waals surface area contributed by atoms with E-state index in [1.165, 1.54) is 6.92 Å². The van der Waals surface area contributed by atoms with Crippen molar-refractivity contribution >= 4 is 0 Å². The van der Waals surface area contributed by atoms with Crippen molar-refractivity contribution in [2.24, 2.45) is 45.3 Å². The SMILES string of the molecule is CC(C)=C[C@H]1CC(C)(O)C2[C@H]3CC[C@@H]4[C@@]5(C)CC[C@H](O[C@@H]6OC[C@H](O)[C@H](O[C@@H]7O[C@H](CO[C@@H]8O[C@H](CO)[C@@H](O)[C@H](O)[C@H]8O)[C@@H](O)[C@H](O)[C@H]7O[C@@H]7O[C@H](CO)[C@@H](O)[C@H](O)[C@H]7O)[C@H]6O[C@@H]6O[C@@H](C)[C@H](O)[C@@H](O)[C@H]6O)C(C)(C)C5CC[C@@]4(C)[C@@]34CO[C@@]2(C4)O1. The van der Waals surface area contributed by atoms with Gasteiger partial charge in [0.15, 0.2) is 37.2 Å². The monoisotopic (exact) mass is 1240 g/mol. The van der Waals surface area contributed by atoms with Crippen LogP contribution in [0.5, 0.6) is 0 Å². The molecule has 27 heteroatoms. The zero-order chi connectivity index (χ0) is 62.3. The molecule has 0 aromatic rings. The van der Waals surface area contributed by atoms with E-state index in [1.54, 1.807) is 0 Å². The van der Waals surface area contributed by atoms with Crippen LogP contribution in [-0.4, -0.2) is 281 Å². The van der Waals surface area contributed by atoms with Gasteiger partial charge in [0.25, 0.3) is 0 Å². The summed E-state index contributed by atoms with van der Waals surface area (Å²) in [5.41, 5.74) is -1.06. The zero-order valence-electron chi connectivity index (χ0n) is 50.2. The highest BCUT2D eigenvalue weighted by molar-refractivity contribution is 5.27. The number of aliphatic hydroxyl groups excluding tert-OH is 14. The summed E-state index contributed by atoms with van der Waals surface area (Å²) in [7, 11) is 0. The molecule has 11 aliphatic rings. The first-order valence-electron chi connectivity index (χ1n) is 30.9. The molecule has 7 saturated heterocycles. The van der Waals surface area contributed by atoms with Crippen molar-refractivity contribution in [3.8, 4) is 0 Å². The average Bonchev–Trinajstić information content (AvgIpc) is 1.45. The van der Waals surface area contributed by atoms with Gasteiger partial charge in [0, 0.05) is 24.2 Å². The second-order valence-electron chi connectivity index (χ2n) is 28.6. The molecule has 15 N–H and O–H groups in total. The van der Waals surface area contributed by atoms with Crippen molar-refractivity contribution < 1.29 is 133 Å². The molecule has 27 nitrogen and oxygen atoms in total. The van der Waals surface area contributed by atoms with E-state index in [9.17, 15) is 76.6 Å². The summed E-state index contributed by atoms with van der Waals surface area (Å²) >= 11 is 0. The number of hydrogen-bond acceptors (Lipinski definition) is 27. The summed E-state index contributed by atoms with van der Waals surface area (Å²) in [5, 5.41) is 165. The first kappa shape index (κ1) is 66.1. The van der Waals surface area contributed by atoms with E-state index in [0.717, 1.165) is 37.7 Å². The molecule has 2 spiro atoms. The second kappa shape index (κ2) is 24.2. The van der Waals surface area contributed by atoms with E-state index < -0.39 is 197 Å². The Labute approximate surface area is 499 Å². The molecule has 4 saturated carbocycles. The zero-order valence-corrected chi connectivity index (χ0v) is 50.2. The van der Waals surface area contributed by atoms with Gasteiger partial charge in [0.1, 0.15) is 110 Å². The van der Waals surface area contributed by atoms with Crippen molar-refractivity contribution in [3.63, 3.8) is 0 Å². The third kappa shape index (κ3) is 10.8. The fourth-order valence-electron chi connectivity index (χ4n) is 18.6. The largest absolute Gasteiger partial charge is 0.394 e. The molecule has 0 amide bonds. The summed E-state index contributed by atoms with van der Waals surface area (Å²) in [6, 6.07) is 0. The van der Waals surface area contributed by atoms with Crippen LogP contribution in [0, 0.1) is 45.3 Å². The molecule has 494 valence electrons. The summed E-state index contributed by atoms with van der Waals surface area (Å²) < 4.78 is 75.6. The first-order chi connectivity index (χ1) is 40.4. The molecule has 35 atom stereocenters. The van der Waals surface area contributed by atoms with Gasteiger partial charge in [0.05, 0.1) is 56.9 Å². The van der Waals surface area contributed by atoms with Crippen molar-refractivity contribution in [1.82, 2.24) is 0 Å². The van der Waals surface area contributed by atoms with Crippen molar-refractivity contribution in [1.29, 1.82) is 0 Å². The van der Waals surface area contributed by atoms with Crippen LogP contribution in [-0.2, 0) is 56.8 Å². The summed E-state index contributed by atoms with van der Waals surface area (Å²) in [5.74, 6) is -0.503. The standard InChI is InChI=1S/C59H96O27/c1-23(2)15-25-16-57(8,74)48-26-9-10-32-55(6)13-12-33(54(4,5)31(55)11-14-56(32,7)58(26)21-59(48,86-25)77-22-58)82-52-47(85-50-43(72)38(67)34(63)24(3)78-50)45(27(62)19-75-52)83-53-46(84-51-44(73)40(69)36(65)29(18-61)80-51)41(70)37(66)30(81-53)20-76-49-42(71)39(68)35(64)28(17-60)79-49/h15,24-53,60-74H,9-14,16-22H2,1-8H3/t24-,25-,26+,27-,28+,29+,30+,31?,32+,33-,34-,35+,36+,37+,38+,39-,40-,41-,42+,43+,44+,45-,46+,47+,48?,49+,50-,51-,52-,53-,55-,56+,57?,58-,59-/m0/s1. The minimum Gasteiger partial charge on any atom is -0.394 e. The minimum absolute atomic E-state index is 0.0914. The predicted octanol–water partition coefficient (Wildman–Crippen LogP) is -3.36. The van der Waals surface area contributed by atoms with Gasteiger partial charge < -0.3 is 133 Å². The lowest BCUT2D eigenvalue weighted by molar-refractivity contribution is -0.403. The van der Waals surface area contributed by atoms with Crippen LogP contribution in [0.4, 0.5) is 0 Å². The molecule has 0 radical (unpaired) electrons. The van der Waals surface area contributed by atoms with Crippen LogP contribution >= 0.6 is 0 Å². The maximum atomic E-state index is 12.4. The first-order valence-corrected chi connectivity index (χ1v) is 30.9. The molecule has 3 unspecified atom stereocenters. The molecular weight excluding hydrogens is 1140 g/mol. The van der Waals surface area contributed by atoms with E-state index in [0.29, 0.717) is 25.9 Å². The van der Waals surface area contributed by atoms with Crippen LogP contribution in [0.1, 0.15) is 107 Å². The number of allylic oxidation sites excluding steroid dienone is 1. The van der Waals surface area contributed by atoms with Crippen LogP contribution in [0.15, 0.2) is 11.6 Å². The highest BCUT2D eigenvalue weighted by Gasteiger charge is 2.81. The molecule has 0 aromatic carbocycles. The molecule has 4 aliphatic carbocycles. The number of fused-ring (bicyclic) bond motifs is 4. The summed E-state index contributed by atoms with van der Waals surface area (Å²) in [6.07, 6.45) is -34.9. The normalized spacial score (nSPS) is 56.9. The van der Waals surface area contributed by atoms with Crippen molar-refractivity contribution in [3.05, 3.63) is 11.6 Å². The maximum Gasteiger partial charge on any atom is 0.187 e. The highest BCUT2D eigenvalue weighted by Crippen LogP contribution is 2.80. The van der Waals surface area contributed by atoms with E-state index >= 15 is 0 Å². The van der Waals surface area contributed by atoms with Gasteiger partial charge in [-0.05, 0) is 100 Å². The number of ether oxygens (including phenoxy) is 12. The number of aliphatic hydroxyl groups is 15. The van der Waals surface area contributed by atoms with Crippen LogP contribution in [0.25, 0.3) is 0 Å². The molecule has 11 fully saturated rings. The Morgan fingerprint density at radius 1 is 0.570 bits per heavy atom. The van der Waals surface area contributed by atoms with Gasteiger partial charge in [-0.1, -0.05) is 39.3 Å². The third-order valence-corrected chi connectivity index (χ3v) is 22.9. The Hall–Kier alpha value is -1.34. The molecule has 0 aromatic heterocycles. The van der Waals surface area contributed by atoms with Gasteiger partial charge >= 0.3 is 0 Å². The Bertz CT molecular complexity index is 2380. The number of rotatable bonds is 14. The predicted molar refractivity (Wildman–Crippen MR) is 289 cm³/mol. The van der Waals surface area contributed by atoms with E-state index in [1.807, 2.05) is 20.8 Å². The average molecular weight is 1240 g/mol. The minimum atomic E-state index is -2.11. The Balaban J connectivity index is 0.877.